The third-order valence-corrected chi connectivity index (χ3v) is 5.23. The SMILES string of the molecule is CCCC(C)N1CC2(CCN(C(=O)c3ccc(=O)[nH]c3)CC2)OC1=O. The number of H-pyrrole nitrogens is 1. The molecule has 0 radical (unpaired) electrons. The Morgan fingerprint density at radius 3 is 2.64 bits per heavy atom. The average molecular weight is 347 g/mol. The van der Waals surface area contributed by atoms with Gasteiger partial charge in [-0.1, -0.05) is 13.3 Å². The Morgan fingerprint density at radius 1 is 1.32 bits per heavy atom. The minimum Gasteiger partial charge on any atom is -0.441 e. The average Bonchev–Trinajstić information content (AvgIpc) is 2.92. The number of nitrogens with zero attached hydrogens (tertiary/aromatic N) is 2. The van der Waals surface area contributed by atoms with Crippen molar-refractivity contribution in [1.82, 2.24) is 14.8 Å². The number of aromatic nitrogens is 1. The molecule has 2 fully saturated rings. The zero-order valence-electron chi connectivity index (χ0n) is 14.8. The van der Waals surface area contributed by atoms with Crippen LogP contribution >= 0.6 is 0 Å². The van der Waals surface area contributed by atoms with Crippen molar-refractivity contribution in [3.8, 4) is 0 Å². The number of rotatable bonds is 4. The largest absolute Gasteiger partial charge is 0.441 e. The van der Waals surface area contributed by atoms with E-state index in [2.05, 4.69) is 18.8 Å². The molecule has 7 nitrogen and oxygen atoms in total. The van der Waals surface area contributed by atoms with Gasteiger partial charge in [0.15, 0.2) is 0 Å². The summed E-state index contributed by atoms with van der Waals surface area (Å²) >= 11 is 0. The number of amides is 2. The van der Waals surface area contributed by atoms with E-state index in [-0.39, 0.29) is 23.6 Å². The van der Waals surface area contributed by atoms with Gasteiger partial charge >= 0.3 is 6.09 Å². The summed E-state index contributed by atoms with van der Waals surface area (Å²) in [5.41, 5.74) is -0.230. The van der Waals surface area contributed by atoms with Crippen molar-refractivity contribution in [2.45, 2.75) is 51.2 Å². The molecule has 25 heavy (non-hydrogen) atoms. The normalized spacial score (nSPS) is 20.6. The fourth-order valence-electron chi connectivity index (χ4n) is 3.66. The summed E-state index contributed by atoms with van der Waals surface area (Å²) in [6, 6.07) is 3.07. The van der Waals surface area contributed by atoms with Crippen LogP contribution in [0.1, 0.15) is 49.9 Å². The highest BCUT2D eigenvalue weighted by atomic mass is 16.6. The van der Waals surface area contributed by atoms with Crippen LogP contribution in [-0.2, 0) is 4.74 Å². The maximum atomic E-state index is 12.5. The fourth-order valence-corrected chi connectivity index (χ4v) is 3.66. The fraction of sp³-hybridized carbons (Fsp3) is 0.611. The molecule has 3 rings (SSSR count). The van der Waals surface area contributed by atoms with Gasteiger partial charge in [0.1, 0.15) is 5.60 Å². The molecule has 7 heteroatoms. The molecule has 0 aromatic carbocycles. The van der Waals surface area contributed by atoms with Crippen molar-refractivity contribution < 1.29 is 14.3 Å². The van der Waals surface area contributed by atoms with Crippen molar-refractivity contribution in [3.63, 3.8) is 0 Å². The zero-order valence-corrected chi connectivity index (χ0v) is 14.8. The Labute approximate surface area is 147 Å². The van der Waals surface area contributed by atoms with Crippen molar-refractivity contribution in [3.05, 3.63) is 34.2 Å². The Morgan fingerprint density at radius 2 is 2.04 bits per heavy atom. The molecular formula is C18H25N3O4. The van der Waals surface area contributed by atoms with Crippen LogP contribution in [0.3, 0.4) is 0 Å². The van der Waals surface area contributed by atoms with Crippen molar-refractivity contribution in [2.24, 2.45) is 0 Å². The van der Waals surface area contributed by atoms with Gasteiger partial charge < -0.3 is 19.5 Å². The lowest BCUT2D eigenvalue weighted by Crippen LogP contribution is -2.49. The van der Waals surface area contributed by atoms with E-state index in [0.717, 1.165) is 12.8 Å². The van der Waals surface area contributed by atoms with Crippen LogP contribution in [0.25, 0.3) is 0 Å². The molecule has 1 aromatic rings. The van der Waals surface area contributed by atoms with Gasteiger partial charge in [-0.3, -0.25) is 9.59 Å². The number of likely N-dealkylation sites (tertiary alicyclic amines) is 1. The Kier molecular flexibility index (Phi) is 4.83. The monoisotopic (exact) mass is 347 g/mol. The van der Waals surface area contributed by atoms with Crippen LogP contribution in [0, 0.1) is 0 Å². The first kappa shape index (κ1) is 17.5. The van der Waals surface area contributed by atoms with Crippen LogP contribution in [0.5, 0.6) is 0 Å². The lowest BCUT2D eigenvalue weighted by molar-refractivity contribution is 0.00305. The van der Waals surface area contributed by atoms with Crippen LogP contribution < -0.4 is 5.56 Å². The summed E-state index contributed by atoms with van der Waals surface area (Å²) in [6.45, 7) is 5.85. The van der Waals surface area contributed by atoms with Gasteiger partial charge in [-0.2, -0.15) is 0 Å². The molecule has 1 atom stereocenters. The summed E-state index contributed by atoms with van der Waals surface area (Å²) in [7, 11) is 0. The van der Waals surface area contributed by atoms with E-state index in [9.17, 15) is 14.4 Å². The quantitative estimate of drug-likeness (QED) is 0.903. The Bertz CT molecular complexity index is 686. The highest BCUT2D eigenvalue weighted by Gasteiger charge is 2.48. The standard InChI is InChI=1S/C18H25N3O4/c1-3-4-13(2)21-12-18(25-17(21)24)7-9-20(10-8-18)16(23)14-5-6-15(22)19-11-14/h5-6,11,13H,3-4,7-10,12H2,1-2H3,(H,19,22). The van der Waals surface area contributed by atoms with E-state index >= 15 is 0 Å². The molecule has 1 unspecified atom stereocenters. The second-order valence-electron chi connectivity index (χ2n) is 7.05. The van der Waals surface area contributed by atoms with Gasteiger partial charge in [0.05, 0.1) is 12.1 Å². The topological polar surface area (TPSA) is 82.7 Å². The molecule has 1 aromatic heterocycles. The second-order valence-corrected chi connectivity index (χ2v) is 7.05. The zero-order chi connectivity index (χ0) is 18.0. The van der Waals surface area contributed by atoms with E-state index in [1.807, 2.05) is 4.90 Å². The molecule has 0 aliphatic carbocycles. The maximum absolute atomic E-state index is 12.5. The predicted octanol–water partition coefficient (Wildman–Crippen LogP) is 1.99. The van der Waals surface area contributed by atoms with Gasteiger partial charge in [0, 0.05) is 44.2 Å². The van der Waals surface area contributed by atoms with Gasteiger partial charge in [0.2, 0.25) is 5.56 Å². The van der Waals surface area contributed by atoms with E-state index in [1.165, 1.54) is 18.3 Å². The molecule has 1 N–H and O–H groups in total. The van der Waals surface area contributed by atoms with Crippen LogP contribution in [0.15, 0.2) is 23.1 Å². The summed E-state index contributed by atoms with van der Waals surface area (Å²) in [4.78, 5) is 42.0. The third kappa shape index (κ3) is 3.55. The molecule has 2 aliphatic heterocycles. The maximum Gasteiger partial charge on any atom is 0.410 e. The molecule has 3 heterocycles. The number of pyridine rings is 1. The number of ether oxygens (including phenoxy) is 1. The lowest BCUT2D eigenvalue weighted by atomic mass is 9.90. The van der Waals surface area contributed by atoms with Crippen LogP contribution in [0.2, 0.25) is 0 Å². The number of aromatic amines is 1. The summed E-state index contributed by atoms with van der Waals surface area (Å²) in [5, 5.41) is 0. The molecule has 2 amide bonds. The minimum absolute atomic E-state index is 0.105. The van der Waals surface area contributed by atoms with Crippen molar-refractivity contribution in [2.75, 3.05) is 19.6 Å². The molecular weight excluding hydrogens is 322 g/mol. The Balaban J connectivity index is 1.62. The number of carbonyl (C=O) groups is 2. The number of hydrogen-bond donors (Lipinski definition) is 1. The number of hydrogen-bond acceptors (Lipinski definition) is 4. The van der Waals surface area contributed by atoms with E-state index in [0.29, 0.717) is 38.0 Å². The first-order valence-electron chi connectivity index (χ1n) is 8.92. The predicted molar refractivity (Wildman–Crippen MR) is 92.5 cm³/mol. The van der Waals surface area contributed by atoms with E-state index in [1.54, 1.807) is 4.90 Å². The second kappa shape index (κ2) is 6.90. The summed E-state index contributed by atoms with van der Waals surface area (Å²) < 4.78 is 5.72. The molecule has 0 bridgehead atoms. The summed E-state index contributed by atoms with van der Waals surface area (Å²) in [6.07, 6.45) is 4.48. The third-order valence-electron chi connectivity index (χ3n) is 5.23. The van der Waals surface area contributed by atoms with E-state index < -0.39 is 5.60 Å². The first-order chi connectivity index (χ1) is 11.9. The Hall–Kier alpha value is -2.31. The highest BCUT2D eigenvalue weighted by molar-refractivity contribution is 5.94. The van der Waals surface area contributed by atoms with Gasteiger partial charge in [-0.25, -0.2) is 4.79 Å². The number of nitrogens with one attached hydrogen (secondary N) is 1. The summed E-state index contributed by atoms with van der Waals surface area (Å²) in [5.74, 6) is -0.105. The van der Waals surface area contributed by atoms with Crippen molar-refractivity contribution >= 4 is 12.0 Å². The first-order valence-corrected chi connectivity index (χ1v) is 8.92. The molecule has 136 valence electrons. The van der Waals surface area contributed by atoms with Gasteiger partial charge in [-0.15, -0.1) is 0 Å². The lowest BCUT2D eigenvalue weighted by Gasteiger charge is -2.37. The molecule has 2 saturated heterocycles. The molecule has 0 saturated carbocycles. The van der Waals surface area contributed by atoms with E-state index in [4.69, 9.17) is 4.74 Å². The molecule has 2 aliphatic rings. The van der Waals surface area contributed by atoms with Gasteiger partial charge in [0.25, 0.3) is 5.91 Å². The number of piperidine rings is 1. The smallest absolute Gasteiger partial charge is 0.410 e. The van der Waals surface area contributed by atoms with Crippen molar-refractivity contribution in [1.29, 1.82) is 0 Å². The number of carbonyl (C=O) groups excluding carboxylic acids is 2. The van der Waals surface area contributed by atoms with Gasteiger partial charge in [-0.05, 0) is 19.4 Å². The molecule has 1 spiro atoms. The minimum atomic E-state index is -0.471. The highest BCUT2D eigenvalue weighted by Crippen LogP contribution is 2.35. The van der Waals surface area contributed by atoms with Crippen LogP contribution in [-0.4, -0.2) is 58.1 Å². The van der Waals surface area contributed by atoms with Crippen LogP contribution in [0.4, 0.5) is 4.79 Å².